The molecule has 2 heterocycles. The third-order valence-corrected chi connectivity index (χ3v) is 5.27. The number of para-hydroxylation sites is 2. The first kappa shape index (κ1) is 19.9. The number of hydrogen-bond acceptors (Lipinski definition) is 4. The van der Waals surface area contributed by atoms with Crippen LogP contribution in [0.3, 0.4) is 0 Å². The Labute approximate surface area is 176 Å². The summed E-state index contributed by atoms with van der Waals surface area (Å²) in [5, 5.41) is 2.93. The van der Waals surface area contributed by atoms with Crippen LogP contribution in [0.4, 0.5) is 5.82 Å². The van der Waals surface area contributed by atoms with E-state index in [9.17, 15) is 4.79 Å². The lowest BCUT2D eigenvalue weighted by Crippen LogP contribution is -2.25. The number of unbranched alkanes of at least 4 members (excludes halogenated alkanes) is 1. The molecule has 4 rings (SSSR count). The second-order valence-corrected chi connectivity index (χ2v) is 7.51. The van der Waals surface area contributed by atoms with Gasteiger partial charge in [0.05, 0.1) is 11.0 Å². The molecule has 0 spiro atoms. The van der Waals surface area contributed by atoms with Crippen LogP contribution in [-0.4, -0.2) is 27.0 Å². The Hall–Kier alpha value is -3.41. The first-order valence-electron chi connectivity index (χ1n) is 10.6. The Bertz CT molecular complexity index is 1190. The molecule has 30 heavy (non-hydrogen) atoms. The fourth-order valence-corrected chi connectivity index (χ4v) is 3.67. The predicted octanol–water partition coefficient (Wildman–Crippen LogP) is 4.64. The van der Waals surface area contributed by atoms with E-state index >= 15 is 0 Å². The number of amides is 1. The van der Waals surface area contributed by atoms with Crippen molar-refractivity contribution in [2.24, 2.45) is 0 Å². The molecule has 1 amide bonds. The number of nitrogens with zero attached hydrogens (tertiary/aromatic N) is 3. The number of aryl methyl sites for hydroxylation is 1. The molecule has 0 aliphatic heterocycles. The molecule has 6 nitrogen and oxygen atoms in total. The van der Waals surface area contributed by atoms with Crippen LogP contribution in [0.5, 0.6) is 0 Å². The lowest BCUT2D eigenvalue weighted by molar-refractivity contribution is 0.0956. The van der Waals surface area contributed by atoms with Gasteiger partial charge in [0.2, 0.25) is 0 Å². The highest BCUT2D eigenvalue weighted by Crippen LogP contribution is 2.31. The van der Waals surface area contributed by atoms with E-state index in [0.717, 1.165) is 42.4 Å². The summed E-state index contributed by atoms with van der Waals surface area (Å²) in [5.74, 6) is 0.137. The summed E-state index contributed by atoms with van der Waals surface area (Å²) in [6.45, 7) is 4.79. The SMILES string of the molecule is CCCCc1ccc(-n2c(N)c(C(=O)NCCC)c3nc4ccccc4nc32)cc1. The lowest BCUT2D eigenvalue weighted by atomic mass is 10.1. The second kappa shape index (κ2) is 8.53. The topological polar surface area (TPSA) is 85.8 Å². The van der Waals surface area contributed by atoms with Gasteiger partial charge in [-0.2, -0.15) is 0 Å². The summed E-state index contributed by atoms with van der Waals surface area (Å²) in [6, 6.07) is 15.9. The Morgan fingerprint density at radius 1 is 1.00 bits per heavy atom. The van der Waals surface area contributed by atoms with Crippen molar-refractivity contribution < 1.29 is 4.79 Å². The molecule has 0 bridgehead atoms. The second-order valence-electron chi connectivity index (χ2n) is 7.51. The average Bonchev–Trinajstić information content (AvgIpc) is 3.05. The minimum Gasteiger partial charge on any atom is -0.384 e. The maximum atomic E-state index is 12.9. The van der Waals surface area contributed by atoms with E-state index in [1.54, 1.807) is 0 Å². The van der Waals surface area contributed by atoms with Gasteiger partial charge in [0, 0.05) is 12.2 Å². The van der Waals surface area contributed by atoms with Gasteiger partial charge in [-0.25, -0.2) is 9.97 Å². The van der Waals surface area contributed by atoms with Crippen molar-refractivity contribution in [2.45, 2.75) is 39.5 Å². The molecule has 0 saturated carbocycles. The number of benzene rings is 2. The molecule has 0 unspecified atom stereocenters. The Morgan fingerprint density at radius 3 is 2.37 bits per heavy atom. The van der Waals surface area contributed by atoms with E-state index in [1.807, 2.05) is 47.9 Å². The summed E-state index contributed by atoms with van der Waals surface area (Å²) >= 11 is 0. The lowest BCUT2D eigenvalue weighted by Gasteiger charge is -2.09. The van der Waals surface area contributed by atoms with Gasteiger partial charge in [-0.3, -0.25) is 9.36 Å². The van der Waals surface area contributed by atoms with Crippen molar-refractivity contribution >= 4 is 33.9 Å². The van der Waals surface area contributed by atoms with E-state index in [0.29, 0.717) is 29.1 Å². The minimum absolute atomic E-state index is 0.220. The zero-order valence-electron chi connectivity index (χ0n) is 17.5. The smallest absolute Gasteiger partial charge is 0.257 e. The van der Waals surface area contributed by atoms with Crippen molar-refractivity contribution in [1.82, 2.24) is 19.9 Å². The maximum absolute atomic E-state index is 12.9. The normalized spacial score (nSPS) is 11.3. The molecule has 0 radical (unpaired) electrons. The average molecular weight is 402 g/mol. The number of aromatic nitrogens is 3. The number of anilines is 1. The Morgan fingerprint density at radius 2 is 1.70 bits per heavy atom. The number of nitrogen functional groups attached to an aromatic ring is 1. The third-order valence-electron chi connectivity index (χ3n) is 5.27. The Balaban J connectivity index is 1.90. The number of rotatable bonds is 7. The maximum Gasteiger partial charge on any atom is 0.257 e. The first-order valence-corrected chi connectivity index (χ1v) is 10.6. The molecule has 2 aromatic carbocycles. The monoisotopic (exact) mass is 401 g/mol. The standard InChI is InChI=1S/C24H27N5O/c1-3-5-8-16-11-13-17(14-12-16)29-22(25)20(24(30)26-15-4-2)21-23(29)28-19-10-7-6-9-18(19)27-21/h6-7,9-14H,3-5,8,15,25H2,1-2H3,(H,26,30). The van der Waals surface area contributed by atoms with Crippen molar-refractivity contribution in [3.63, 3.8) is 0 Å². The van der Waals surface area contributed by atoms with Crippen LogP contribution in [0, 0.1) is 0 Å². The van der Waals surface area contributed by atoms with Gasteiger partial charge in [0.25, 0.3) is 5.91 Å². The molecular formula is C24H27N5O. The summed E-state index contributed by atoms with van der Waals surface area (Å²) in [5.41, 5.74) is 11.7. The predicted molar refractivity (Wildman–Crippen MR) is 122 cm³/mol. The highest BCUT2D eigenvalue weighted by atomic mass is 16.1. The van der Waals surface area contributed by atoms with Crippen molar-refractivity contribution in [3.8, 4) is 5.69 Å². The Kier molecular flexibility index (Phi) is 5.65. The van der Waals surface area contributed by atoms with Gasteiger partial charge in [-0.15, -0.1) is 0 Å². The largest absolute Gasteiger partial charge is 0.384 e. The van der Waals surface area contributed by atoms with E-state index < -0.39 is 0 Å². The molecule has 154 valence electrons. The van der Waals surface area contributed by atoms with Crippen LogP contribution in [-0.2, 0) is 6.42 Å². The summed E-state index contributed by atoms with van der Waals surface area (Å²) < 4.78 is 1.83. The van der Waals surface area contributed by atoms with Gasteiger partial charge < -0.3 is 11.1 Å². The molecule has 0 aliphatic carbocycles. The molecule has 2 aromatic heterocycles. The number of nitrogens with two attached hydrogens (primary N) is 1. The van der Waals surface area contributed by atoms with Gasteiger partial charge in [-0.1, -0.05) is 44.5 Å². The number of fused-ring (bicyclic) bond motifs is 2. The van der Waals surface area contributed by atoms with Crippen LogP contribution in [0.1, 0.15) is 49.0 Å². The van der Waals surface area contributed by atoms with E-state index in [2.05, 4.69) is 24.4 Å². The highest BCUT2D eigenvalue weighted by molar-refractivity contribution is 6.11. The van der Waals surface area contributed by atoms with Crippen LogP contribution in [0.25, 0.3) is 27.9 Å². The quantitative estimate of drug-likeness (QED) is 0.472. The molecule has 0 saturated heterocycles. The first-order chi connectivity index (χ1) is 14.6. The highest BCUT2D eigenvalue weighted by Gasteiger charge is 2.24. The van der Waals surface area contributed by atoms with Gasteiger partial charge in [-0.05, 0) is 49.1 Å². The van der Waals surface area contributed by atoms with E-state index in [-0.39, 0.29) is 5.91 Å². The molecule has 0 atom stereocenters. The molecular weight excluding hydrogens is 374 g/mol. The fraction of sp³-hybridized carbons (Fsp3) is 0.292. The molecule has 0 aliphatic rings. The zero-order valence-corrected chi connectivity index (χ0v) is 17.5. The molecule has 4 aromatic rings. The van der Waals surface area contributed by atoms with Crippen LogP contribution in [0.2, 0.25) is 0 Å². The van der Waals surface area contributed by atoms with Crippen molar-refractivity contribution in [3.05, 3.63) is 59.7 Å². The zero-order chi connectivity index (χ0) is 21.1. The van der Waals surface area contributed by atoms with Crippen LogP contribution in [0.15, 0.2) is 48.5 Å². The van der Waals surface area contributed by atoms with E-state index in [1.165, 1.54) is 5.56 Å². The molecule has 0 fully saturated rings. The number of carbonyl (C=O) groups excluding carboxylic acids is 1. The van der Waals surface area contributed by atoms with Gasteiger partial charge in [0.15, 0.2) is 5.65 Å². The summed E-state index contributed by atoms with van der Waals surface area (Å²) in [7, 11) is 0. The van der Waals surface area contributed by atoms with Gasteiger partial charge >= 0.3 is 0 Å². The minimum atomic E-state index is -0.220. The van der Waals surface area contributed by atoms with Crippen molar-refractivity contribution in [2.75, 3.05) is 12.3 Å². The molecule has 3 N–H and O–H groups in total. The summed E-state index contributed by atoms with van der Waals surface area (Å²) in [6.07, 6.45) is 4.22. The number of nitrogens with one attached hydrogen (secondary N) is 1. The number of carbonyl (C=O) groups is 1. The van der Waals surface area contributed by atoms with E-state index in [4.69, 9.17) is 15.7 Å². The summed E-state index contributed by atoms with van der Waals surface area (Å²) in [4.78, 5) is 22.5. The van der Waals surface area contributed by atoms with Crippen LogP contribution >= 0.6 is 0 Å². The van der Waals surface area contributed by atoms with Gasteiger partial charge in [0.1, 0.15) is 16.9 Å². The number of hydrogen-bond donors (Lipinski definition) is 2. The van der Waals surface area contributed by atoms with Crippen LogP contribution < -0.4 is 11.1 Å². The molecule has 6 heteroatoms. The third kappa shape index (κ3) is 3.61. The fourth-order valence-electron chi connectivity index (χ4n) is 3.67. The van der Waals surface area contributed by atoms with Crippen molar-refractivity contribution in [1.29, 1.82) is 0 Å².